The summed E-state index contributed by atoms with van der Waals surface area (Å²) in [6, 6.07) is 10.4. The molecule has 172 valence electrons. The summed E-state index contributed by atoms with van der Waals surface area (Å²) in [7, 11) is 0. The smallest absolute Gasteiger partial charge is 0.274 e. The highest BCUT2D eigenvalue weighted by atomic mass is 16.2. The van der Waals surface area contributed by atoms with Crippen molar-refractivity contribution >= 4 is 17.3 Å². The van der Waals surface area contributed by atoms with Crippen LogP contribution in [-0.4, -0.2) is 54.6 Å². The Morgan fingerprint density at radius 1 is 1.21 bits per heavy atom. The Labute approximate surface area is 192 Å². The van der Waals surface area contributed by atoms with Gasteiger partial charge < -0.3 is 15.2 Å². The molecule has 0 saturated heterocycles. The highest BCUT2D eigenvalue weighted by Crippen LogP contribution is 2.28. The summed E-state index contributed by atoms with van der Waals surface area (Å²) in [5.41, 5.74) is 2.48. The van der Waals surface area contributed by atoms with E-state index in [0.717, 1.165) is 11.1 Å². The van der Waals surface area contributed by atoms with E-state index >= 15 is 0 Å². The van der Waals surface area contributed by atoms with Crippen LogP contribution >= 0.6 is 0 Å². The van der Waals surface area contributed by atoms with E-state index in [-0.39, 0.29) is 40.7 Å². The van der Waals surface area contributed by atoms with Crippen LogP contribution in [0, 0.1) is 6.92 Å². The second kappa shape index (κ2) is 8.43. The van der Waals surface area contributed by atoms with Crippen molar-refractivity contribution in [1.82, 2.24) is 35.0 Å². The van der Waals surface area contributed by atoms with Gasteiger partial charge in [0.25, 0.3) is 22.9 Å². The van der Waals surface area contributed by atoms with E-state index in [0.29, 0.717) is 18.8 Å². The zero-order valence-electron chi connectivity index (χ0n) is 18.2. The number of aromatic nitrogens is 5. The Hall–Kier alpha value is -4.54. The van der Waals surface area contributed by atoms with Crippen molar-refractivity contribution in [1.29, 1.82) is 0 Å². The fraction of sp³-hybridized carbons (Fsp3) is 0.217. The highest BCUT2D eigenvalue weighted by molar-refractivity contribution is 5.94. The second-order valence-electron chi connectivity index (χ2n) is 8.25. The molecule has 34 heavy (non-hydrogen) atoms. The van der Waals surface area contributed by atoms with Crippen LogP contribution in [0.15, 0.2) is 58.4 Å². The van der Waals surface area contributed by atoms with Gasteiger partial charge in [0, 0.05) is 49.6 Å². The normalized spacial score (nSPS) is 15.2. The first kappa shape index (κ1) is 21.3. The third-order valence-electron chi connectivity index (χ3n) is 5.83. The highest BCUT2D eigenvalue weighted by Gasteiger charge is 2.29. The van der Waals surface area contributed by atoms with Gasteiger partial charge in [0.15, 0.2) is 5.69 Å². The number of carbonyl (C=O) groups excluding carboxylic acids is 2. The average molecular weight is 459 g/mol. The van der Waals surface area contributed by atoms with Gasteiger partial charge in [-0.15, -0.1) is 0 Å². The number of nitrogens with zero attached hydrogens (tertiary/aromatic N) is 4. The van der Waals surface area contributed by atoms with Gasteiger partial charge in [-0.3, -0.25) is 19.2 Å². The van der Waals surface area contributed by atoms with Crippen molar-refractivity contribution < 1.29 is 9.59 Å². The number of nitrogens with one attached hydrogen (secondary N) is 3. The quantitative estimate of drug-likeness (QED) is 0.407. The molecule has 3 N–H and O–H groups in total. The molecular weight excluding hydrogens is 438 g/mol. The van der Waals surface area contributed by atoms with Gasteiger partial charge in [-0.1, -0.05) is 24.3 Å². The molecule has 4 aromatic rings. The number of aromatic amines is 2. The first-order valence-corrected chi connectivity index (χ1v) is 10.7. The molecule has 1 atom stereocenters. The maximum atomic E-state index is 13.0. The van der Waals surface area contributed by atoms with Gasteiger partial charge in [0.05, 0.1) is 11.8 Å². The standard InChI is InChI=1S/C23H21N7O4/c1-13-10-30-19(22(33)26-13)7-18(28-30)21(32)24-8-16-12-29(11-14-4-2-3-5-17(14)16)23(34)15-6-20(31)27-25-9-15/h2-7,9-10,16H,8,11-12H2,1H3,(H,24,32)(H,26,33)(H,27,31). The molecule has 11 nitrogen and oxygen atoms in total. The third-order valence-corrected chi connectivity index (χ3v) is 5.83. The van der Waals surface area contributed by atoms with Crippen LogP contribution in [0.4, 0.5) is 0 Å². The Kier molecular flexibility index (Phi) is 5.28. The zero-order valence-corrected chi connectivity index (χ0v) is 18.2. The molecule has 0 radical (unpaired) electrons. The van der Waals surface area contributed by atoms with Gasteiger partial charge in [0.2, 0.25) is 0 Å². The number of carbonyl (C=O) groups is 2. The van der Waals surface area contributed by atoms with Crippen LogP contribution in [0.5, 0.6) is 0 Å². The summed E-state index contributed by atoms with van der Waals surface area (Å²) in [4.78, 5) is 53.9. The molecule has 11 heteroatoms. The zero-order chi connectivity index (χ0) is 23.8. The van der Waals surface area contributed by atoms with Crippen LogP contribution in [0.3, 0.4) is 0 Å². The second-order valence-corrected chi connectivity index (χ2v) is 8.25. The van der Waals surface area contributed by atoms with Crippen LogP contribution in [-0.2, 0) is 6.54 Å². The molecule has 3 aromatic heterocycles. The molecule has 2 amide bonds. The number of benzene rings is 1. The van der Waals surface area contributed by atoms with Gasteiger partial charge in [-0.05, 0) is 18.1 Å². The molecule has 1 unspecified atom stereocenters. The minimum absolute atomic E-state index is 0.128. The van der Waals surface area contributed by atoms with E-state index in [2.05, 4.69) is 25.6 Å². The minimum atomic E-state index is -0.450. The summed E-state index contributed by atoms with van der Waals surface area (Å²) < 4.78 is 1.38. The summed E-state index contributed by atoms with van der Waals surface area (Å²) >= 11 is 0. The lowest BCUT2D eigenvalue weighted by Crippen LogP contribution is -2.42. The van der Waals surface area contributed by atoms with Crippen LogP contribution < -0.4 is 16.4 Å². The molecule has 1 aromatic carbocycles. The molecule has 0 spiro atoms. The molecule has 0 aliphatic carbocycles. The van der Waals surface area contributed by atoms with Gasteiger partial charge in [-0.25, -0.2) is 9.61 Å². The van der Waals surface area contributed by atoms with E-state index in [4.69, 9.17) is 0 Å². The van der Waals surface area contributed by atoms with E-state index in [1.165, 1.54) is 22.8 Å². The molecule has 0 bridgehead atoms. The number of amides is 2. The fourth-order valence-electron chi connectivity index (χ4n) is 4.25. The van der Waals surface area contributed by atoms with Crippen molar-refractivity contribution in [3.05, 3.63) is 97.6 Å². The Morgan fingerprint density at radius 3 is 2.85 bits per heavy atom. The van der Waals surface area contributed by atoms with Crippen LogP contribution in [0.2, 0.25) is 0 Å². The topological polar surface area (TPSA) is 145 Å². The van der Waals surface area contributed by atoms with Crippen molar-refractivity contribution in [3.63, 3.8) is 0 Å². The number of hydrogen-bond acceptors (Lipinski definition) is 6. The number of H-pyrrole nitrogens is 2. The fourth-order valence-corrected chi connectivity index (χ4v) is 4.25. The van der Waals surface area contributed by atoms with Crippen molar-refractivity contribution in [2.75, 3.05) is 13.1 Å². The lowest BCUT2D eigenvalue weighted by Gasteiger charge is -2.34. The lowest BCUT2D eigenvalue weighted by molar-refractivity contribution is 0.0715. The Morgan fingerprint density at radius 2 is 2.03 bits per heavy atom. The molecule has 5 rings (SSSR count). The largest absolute Gasteiger partial charge is 0.350 e. The van der Waals surface area contributed by atoms with Crippen LogP contribution in [0.25, 0.3) is 5.52 Å². The average Bonchev–Trinajstić information content (AvgIpc) is 3.26. The maximum absolute atomic E-state index is 13.0. The summed E-state index contributed by atoms with van der Waals surface area (Å²) in [6.07, 6.45) is 2.96. The predicted molar refractivity (Wildman–Crippen MR) is 122 cm³/mol. The number of fused-ring (bicyclic) bond motifs is 2. The van der Waals surface area contributed by atoms with E-state index in [9.17, 15) is 19.2 Å². The predicted octanol–water partition coefficient (Wildman–Crippen LogP) is 0.584. The van der Waals surface area contributed by atoms with Crippen LogP contribution in [0.1, 0.15) is 43.6 Å². The van der Waals surface area contributed by atoms with E-state index in [1.54, 1.807) is 18.0 Å². The van der Waals surface area contributed by atoms with E-state index in [1.807, 2.05) is 24.3 Å². The number of aryl methyl sites for hydroxylation is 1. The summed E-state index contributed by atoms with van der Waals surface area (Å²) in [5.74, 6) is -0.893. The Bertz CT molecular complexity index is 1530. The molecule has 4 heterocycles. The minimum Gasteiger partial charge on any atom is -0.350 e. The first-order chi connectivity index (χ1) is 16.4. The maximum Gasteiger partial charge on any atom is 0.274 e. The summed E-state index contributed by atoms with van der Waals surface area (Å²) in [6.45, 7) is 2.74. The first-order valence-electron chi connectivity index (χ1n) is 10.7. The van der Waals surface area contributed by atoms with Gasteiger partial charge in [-0.2, -0.15) is 10.2 Å². The van der Waals surface area contributed by atoms with E-state index < -0.39 is 11.5 Å². The van der Waals surface area contributed by atoms with Gasteiger partial charge >= 0.3 is 0 Å². The Balaban J connectivity index is 1.36. The SMILES string of the molecule is Cc1cn2nc(C(=O)NCC3CN(C(=O)c4cn[nH]c(=O)c4)Cc4ccccc43)cc2c(=O)[nH]1. The molecule has 0 fully saturated rings. The van der Waals surface area contributed by atoms with Crippen molar-refractivity contribution in [2.24, 2.45) is 0 Å². The molecular formula is C23H21N7O4. The summed E-state index contributed by atoms with van der Waals surface area (Å²) in [5, 5.41) is 13.1. The van der Waals surface area contributed by atoms with Crippen molar-refractivity contribution in [2.45, 2.75) is 19.4 Å². The molecule has 1 aliphatic heterocycles. The molecule has 0 saturated carbocycles. The lowest BCUT2D eigenvalue weighted by atomic mass is 9.89. The number of hydrogen-bond donors (Lipinski definition) is 3. The van der Waals surface area contributed by atoms with Gasteiger partial charge in [0.1, 0.15) is 5.52 Å². The monoisotopic (exact) mass is 459 g/mol. The number of rotatable bonds is 4. The third kappa shape index (κ3) is 3.98. The van der Waals surface area contributed by atoms with Crippen molar-refractivity contribution in [3.8, 4) is 0 Å². The molecule has 1 aliphatic rings.